The third kappa shape index (κ3) is 7.50. The van der Waals surface area contributed by atoms with Crippen LogP contribution >= 0.6 is 0 Å². The first-order valence-electron chi connectivity index (χ1n) is 16.0. The summed E-state index contributed by atoms with van der Waals surface area (Å²) in [6.45, 7) is 8.60. The van der Waals surface area contributed by atoms with E-state index in [4.69, 9.17) is 47.4 Å². The number of benzene rings is 2. The Hall–Kier alpha value is -2.00. The van der Waals surface area contributed by atoms with Gasteiger partial charge in [0, 0.05) is 20.1 Å². The second-order valence-electron chi connectivity index (χ2n) is 13.5. The normalized spacial score (nSPS) is 35.3. The molecule has 0 aromatic heterocycles. The molecule has 0 radical (unpaired) electrons. The maximum absolute atomic E-state index is 11.7. The standard InChI is InChI=1S/C35H48O11/c1-33(2)41-20-25(43-33)27(29-30(31(37-5)38-6)45-34(3,4)44-29)42-32-28(40-19-23-15-11-8-12-16-23)26(36)24-17-35(24,46-32)21-39-18-22-13-9-7-10-14-22/h7-16,24-32,36H,17-21H2,1-6H3/t24-,25-,26+,27-,28-,29+,30-,32-,35+/m1/s1. The largest absolute Gasteiger partial charge is 0.390 e. The first kappa shape index (κ1) is 33.9. The zero-order chi connectivity index (χ0) is 32.5. The Balaban J connectivity index is 1.27. The van der Waals surface area contributed by atoms with Crippen molar-refractivity contribution in [3.63, 3.8) is 0 Å². The fourth-order valence-electron chi connectivity index (χ4n) is 6.79. The van der Waals surface area contributed by atoms with Crippen LogP contribution in [0.4, 0.5) is 0 Å². The maximum Gasteiger partial charge on any atom is 0.187 e. The first-order valence-corrected chi connectivity index (χ1v) is 16.0. The van der Waals surface area contributed by atoms with Crippen LogP contribution < -0.4 is 0 Å². The predicted molar refractivity (Wildman–Crippen MR) is 164 cm³/mol. The second-order valence-corrected chi connectivity index (χ2v) is 13.5. The number of ether oxygens (including phenoxy) is 10. The molecular formula is C35H48O11. The summed E-state index contributed by atoms with van der Waals surface area (Å²) in [7, 11) is 3.10. The molecule has 0 spiro atoms. The minimum atomic E-state index is -0.994. The topological polar surface area (TPSA) is 113 Å². The van der Waals surface area contributed by atoms with E-state index in [2.05, 4.69) is 0 Å². The molecule has 11 heteroatoms. The highest BCUT2D eigenvalue weighted by Crippen LogP contribution is 2.55. The lowest BCUT2D eigenvalue weighted by molar-refractivity contribution is -0.322. The lowest BCUT2D eigenvalue weighted by Crippen LogP contribution is -2.58. The molecule has 254 valence electrons. The Morgan fingerprint density at radius 3 is 2.04 bits per heavy atom. The first-order chi connectivity index (χ1) is 22.0. The zero-order valence-corrected chi connectivity index (χ0v) is 27.5. The van der Waals surface area contributed by atoms with Gasteiger partial charge in [0.25, 0.3) is 0 Å². The quantitative estimate of drug-likeness (QED) is 0.302. The van der Waals surface area contributed by atoms with Crippen molar-refractivity contribution in [2.75, 3.05) is 27.4 Å². The van der Waals surface area contributed by atoms with E-state index < -0.39 is 66.4 Å². The highest BCUT2D eigenvalue weighted by atomic mass is 16.8. The van der Waals surface area contributed by atoms with E-state index in [1.165, 1.54) is 0 Å². The summed E-state index contributed by atoms with van der Waals surface area (Å²) < 4.78 is 62.6. The van der Waals surface area contributed by atoms with Crippen molar-refractivity contribution in [2.45, 2.75) is 114 Å². The van der Waals surface area contributed by atoms with E-state index in [1.54, 1.807) is 14.2 Å². The van der Waals surface area contributed by atoms with Gasteiger partial charge in [0.05, 0.1) is 32.5 Å². The lowest BCUT2D eigenvalue weighted by Gasteiger charge is -2.42. The molecule has 4 fully saturated rings. The van der Waals surface area contributed by atoms with Gasteiger partial charge < -0.3 is 52.5 Å². The summed E-state index contributed by atoms with van der Waals surface area (Å²) in [6, 6.07) is 19.8. The Kier molecular flexibility index (Phi) is 10.2. The number of fused-ring (bicyclic) bond motifs is 1. The van der Waals surface area contributed by atoms with Gasteiger partial charge in [-0.15, -0.1) is 0 Å². The van der Waals surface area contributed by atoms with Crippen molar-refractivity contribution in [1.29, 1.82) is 0 Å². The van der Waals surface area contributed by atoms with Gasteiger partial charge in [0.2, 0.25) is 0 Å². The summed E-state index contributed by atoms with van der Waals surface area (Å²) in [5.74, 6) is -1.98. The lowest BCUT2D eigenvalue weighted by atomic mass is 10.00. The van der Waals surface area contributed by atoms with Gasteiger partial charge >= 0.3 is 0 Å². The van der Waals surface area contributed by atoms with Crippen LogP contribution in [0.5, 0.6) is 0 Å². The number of aliphatic hydroxyl groups is 1. The van der Waals surface area contributed by atoms with Crippen LogP contribution in [-0.4, -0.2) is 98.9 Å². The molecule has 6 rings (SSSR count). The molecule has 3 heterocycles. The summed E-state index contributed by atoms with van der Waals surface area (Å²) in [5.41, 5.74) is 1.30. The van der Waals surface area contributed by atoms with Crippen LogP contribution in [0.2, 0.25) is 0 Å². The van der Waals surface area contributed by atoms with Crippen LogP contribution in [0.3, 0.4) is 0 Å². The molecule has 9 atom stereocenters. The van der Waals surface area contributed by atoms with Crippen molar-refractivity contribution < 1.29 is 52.5 Å². The minimum absolute atomic E-state index is 0.170. The fraction of sp³-hybridized carbons (Fsp3) is 0.657. The van der Waals surface area contributed by atoms with Crippen molar-refractivity contribution >= 4 is 0 Å². The molecule has 1 aliphatic carbocycles. The molecule has 46 heavy (non-hydrogen) atoms. The average Bonchev–Trinajstić information content (AvgIpc) is 3.51. The molecule has 0 amide bonds. The van der Waals surface area contributed by atoms with E-state index in [-0.39, 0.29) is 19.1 Å². The molecule has 11 nitrogen and oxygen atoms in total. The van der Waals surface area contributed by atoms with Crippen molar-refractivity contribution in [3.05, 3.63) is 71.8 Å². The van der Waals surface area contributed by atoms with Crippen molar-refractivity contribution in [1.82, 2.24) is 0 Å². The molecule has 1 N–H and O–H groups in total. The van der Waals surface area contributed by atoms with Crippen molar-refractivity contribution in [2.24, 2.45) is 5.92 Å². The molecule has 0 unspecified atom stereocenters. The second kappa shape index (κ2) is 13.9. The average molecular weight is 645 g/mol. The smallest absolute Gasteiger partial charge is 0.187 e. The Morgan fingerprint density at radius 2 is 1.43 bits per heavy atom. The monoisotopic (exact) mass is 644 g/mol. The van der Waals surface area contributed by atoms with Gasteiger partial charge in [0.15, 0.2) is 24.2 Å². The molecule has 0 bridgehead atoms. The molecule has 4 aliphatic rings. The molecule has 2 aromatic rings. The summed E-state index contributed by atoms with van der Waals surface area (Å²) in [5, 5.41) is 11.7. The van der Waals surface area contributed by atoms with Crippen LogP contribution in [0, 0.1) is 5.92 Å². The number of hydrogen-bond donors (Lipinski definition) is 1. The minimum Gasteiger partial charge on any atom is -0.390 e. The molecule has 2 aromatic carbocycles. The SMILES string of the molecule is COC(OC)[C@@H]1OC(C)(C)O[C@H]1[C@H](O[C@@H]1O[C@]2(COCc3ccccc3)C[C@@H]2[C@H](O)[C@H]1OCc1ccccc1)[C@H]1COC(C)(C)O1. The highest BCUT2D eigenvalue weighted by molar-refractivity contribution is 5.17. The van der Waals surface area contributed by atoms with Gasteiger partial charge in [-0.05, 0) is 45.2 Å². The van der Waals surface area contributed by atoms with Crippen molar-refractivity contribution in [3.8, 4) is 0 Å². The van der Waals surface area contributed by atoms with Gasteiger partial charge in [-0.1, -0.05) is 60.7 Å². The maximum atomic E-state index is 11.7. The molecule has 3 aliphatic heterocycles. The Labute approximate surface area is 271 Å². The third-order valence-corrected chi connectivity index (χ3v) is 9.10. The van der Waals surface area contributed by atoms with E-state index in [0.29, 0.717) is 19.6 Å². The third-order valence-electron chi connectivity index (χ3n) is 9.10. The fourth-order valence-corrected chi connectivity index (χ4v) is 6.79. The number of methoxy groups -OCH3 is 2. The Morgan fingerprint density at radius 1 is 0.804 bits per heavy atom. The van der Waals surface area contributed by atoms with Gasteiger partial charge in [-0.3, -0.25) is 0 Å². The summed E-state index contributed by atoms with van der Waals surface area (Å²) in [4.78, 5) is 0. The van der Waals surface area contributed by atoms with Gasteiger partial charge in [-0.25, -0.2) is 0 Å². The summed E-state index contributed by atoms with van der Waals surface area (Å²) in [6.07, 6.45) is -5.51. The predicted octanol–water partition coefficient (Wildman–Crippen LogP) is 3.94. The number of hydrogen-bond acceptors (Lipinski definition) is 11. The van der Waals surface area contributed by atoms with Crippen LogP contribution in [0.1, 0.15) is 45.2 Å². The number of rotatable bonds is 14. The van der Waals surface area contributed by atoms with Crippen LogP contribution in [-0.2, 0) is 60.6 Å². The van der Waals surface area contributed by atoms with E-state index >= 15 is 0 Å². The van der Waals surface area contributed by atoms with E-state index in [0.717, 1.165) is 11.1 Å². The van der Waals surface area contributed by atoms with Gasteiger partial charge in [-0.2, -0.15) is 0 Å². The highest BCUT2D eigenvalue weighted by Gasteiger charge is 2.67. The van der Waals surface area contributed by atoms with Crippen LogP contribution in [0.25, 0.3) is 0 Å². The van der Waals surface area contributed by atoms with Gasteiger partial charge in [0.1, 0.15) is 36.1 Å². The van der Waals surface area contributed by atoms with Crippen LogP contribution in [0.15, 0.2) is 60.7 Å². The molecule has 1 saturated carbocycles. The van der Waals surface area contributed by atoms with E-state index in [9.17, 15) is 5.11 Å². The zero-order valence-electron chi connectivity index (χ0n) is 27.5. The summed E-state index contributed by atoms with van der Waals surface area (Å²) >= 11 is 0. The van der Waals surface area contributed by atoms with E-state index in [1.807, 2.05) is 88.4 Å². The Bertz CT molecular complexity index is 1260. The molecule has 3 saturated heterocycles. The number of aliphatic hydroxyl groups excluding tert-OH is 1. The molecular weight excluding hydrogens is 596 g/mol.